The lowest BCUT2D eigenvalue weighted by atomic mass is 10.1. The third kappa shape index (κ3) is 53.2. The van der Waals surface area contributed by atoms with E-state index in [1.54, 1.807) is 0 Å². The van der Waals surface area contributed by atoms with Crippen LogP contribution >= 0.6 is 0 Å². The molecule has 0 N–H and O–H groups in total. The van der Waals surface area contributed by atoms with Crippen LogP contribution in [0, 0.1) is 5.92 Å². The summed E-state index contributed by atoms with van der Waals surface area (Å²) < 4.78 is 0. The van der Waals surface area contributed by atoms with Gasteiger partial charge in [0.15, 0.2) is 0 Å². The van der Waals surface area contributed by atoms with Crippen LogP contribution in [0.1, 0.15) is 60.3 Å². The summed E-state index contributed by atoms with van der Waals surface area (Å²) in [4.78, 5) is 0. The quantitative estimate of drug-likeness (QED) is 0.522. The summed E-state index contributed by atoms with van der Waals surface area (Å²) in [5.41, 5.74) is 0. The van der Waals surface area contributed by atoms with Crippen molar-refractivity contribution >= 4 is 0 Å². The molecule has 0 spiro atoms. The van der Waals surface area contributed by atoms with Crippen molar-refractivity contribution in [3.63, 3.8) is 0 Å². The maximum Gasteiger partial charge on any atom is -0.0471 e. The normalized spacial score (nSPS) is 7.83. The van der Waals surface area contributed by atoms with Gasteiger partial charge in [-0.1, -0.05) is 60.3 Å². The lowest BCUT2D eigenvalue weighted by Gasteiger charge is -1.98. The molecule has 0 aliphatic heterocycles. The fourth-order valence-corrected chi connectivity index (χ4v) is 0.612. The third-order valence-electron chi connectivity index (χ3n) is 1.14. The van der Waals surface area contributed by atoms with Crippen LogP contribution < -0.4 is 0 Å². The molecule has 0 nitrogen and oxygen atoms in total. The molecule has 0 aliphatic carbocycles. The molecule has 0 atom stereocenters. The highest BCUT2D eigenvalue weighted by atomic mass is 13.9. The Morgan fingerprint density at radius 3 is 1.42 bits per heavy atom. The van der Waals surface area contributed by atoms with Crippen LogP contribution in [-0.4, -0.2) is 0 Å². The predicted molar refractivity (Wildman–Crippen MR) is 61.6 cm³/mol. The summed E-state index contributed by atoms with van der Waals surface area (Å²) in [5.74, 6) is 0.903. The number of rotatable bonds is 3. The van der Waals surface area contributed by atoms with Crippen molar-refractivity contribution in [2.24, 2.45) is 5.92 Å². The van der Waals surface area contributed by atoms with Gasteiger partial charge in [0.05, 0.1) is 0 Å². The summed E-state index contributed by atoms with van der Waals surface area (Å²) in [6, 6.07) is 0. The van der Waals surface area contributed by atoms with Gasteiger partial charge in [-0.3, -0.25) is 0 Å². The highest BCUT2D eigenvalue weighted by Crippen LogP contribution is 2.04. The van der Waals surface area contributed by atoms with E-state index < -0.39 is 0 Å². The molecule has 0 aromatic carbocycles. The Bertz CT molecular complexity index is 46.0. The number of unbranched alkanes of at least 4 members (excludes halogenated alkanes) is 1. The van der Waals surface area contributed by atoms with Crippen molar-refractivity contribution in [1.82, 2.24) is 0 Å². The zero-order chi connectivity index (χ0) is 10.4. The van der Waals surface area contributed by atoms with Crippen molar-refractivity contribution in [2.75, 3.05) is 0 Å². The van der Waals surface area contributed by atoms with E-state index in [4.69, 9.17) is 0 Å². The van der Waals surface area contributed by atoms with Gasteiger partial charge in [-0.25, -0.2) is 0 Å². The lowest BCUT2D eigenvalue weighted by molar-refractivity contribution is 0.550. The summed E-state index contributed by atoms with van der Waals surface area (Å²) in [6.07, 6.45) is 5.40. The van der Waals surface area contributed by atoms with Crippen LogP contribution in [0.3, 0.4) is 0 Å². The molecule has 0 saturated carbocycles. The van der Waals surface area contributed by atoms with Crippen LogP contribution in [0.4, 0.5) is 0 Å². The molecule has 12 heavy (non-hydrogen) atoms. The Balaban J connectivity index is -0.000000137. The molecule has 0 rings (SSSR count). The first-order chi connectivity index (χ1) is 5.68. The van der Waals surface area contributed by atoms with Crippen molar-refractivity contribution in [3.05, 3.63) is 13.2 Å². The fraction of sp³-hybridized carbons (Fsp3) is 0.833. The van der Waals surface area contributed by atoms with Crippen molar-refractivity contribution in [3.8, 4) is 0 Å². The third-order valence-corrected chi connectivity index (χ3v) is 1.14. The van der Waals surface area contributed by atoms with E-state index in [9.17, 15) is 0 Å². The maximum atomic E-state index is 3.00. The Kier molecular flexibility index (Phi) is 33.1. The second-order valence-electron chi connectivity index (χ2n) is 3.24. The van der Waals surface area contributed by atoms with E-state index in [1.807, 2.05) is 0 Å². The minimum atomic E-state index is 0.903. The first-order valence-corrected chi connectivity index (χ1v) is 5.18. The minimum Gasteiger partial charge on any atom is -0.106 e. The molecule has 0 radical (unpaired) electrons. The molecular weight excluding hydrogens is 144 g/mol. The van der Waals surface area contributed by atoms with Gasteiger partial charge in [-0.15, -0.1) is 13.2 Å². The van der Waals surface area contributed by atoms with E-state index in [2.05, 4.69) is 47.8 Å². The SMILES string of the molecule is C=C.CCC.CCCCC(C)C. The summed E-state index contributed by atoms with van der Waals surface area (Å²) in [7, 11) is 0. The predicted octanol–water partition coefficient (Wildman–Crippen LogP) is 5.05. The smallest absolute Gasteiger partial charge is 0.0471 e. The molecule has 0 saturated heterocycles. The first-order valence-electron chi connectivity index (χ1n) is 5.18. The summed E-state index contributed by atoms with van der Waals surface area (Å²) in [6.45, 7) is 17.0. The van der Waals surface area contributed by atoms with Gasteiger partial charge in [0.1, 0.15) is 0 Å². The molecule has 0 aromatic rings. The molecule has 0 unspecified atom stereocenters. The molecule has 0 amide bonds. The van der Waals surface area contributed by atoms with Crippen LogP contribution in [-0.2, 0) is 0 Å². The Morgan fingerprint density at radius 1 is 1.00 bits per heavy atom. The minimum absolute atomic E-state index is 0.903. The average Bonchev–Trinajstić information content (AvgIpc) is 2.06. The van der Waals surface area contributed by atoms with Gasteiger partial charge in [-0.05, 0) is 5.92 Å². The fourth-order valence-electron chi connectivity index (χ4n) is 0.612. The molecule has 0 aromatic heterocycles. The molecular formula is C12H28. The zero-order valence-corrected chi connectivity index (χ0v) is 9.82. The molecule has 76 valence electrons. The Hall–Kier alpha value is -0.260. The monoisotopic (exact) mass is 172 g/mol. The van der Waals surface area contributed by atoms with Crippen molar-refractivity contribution in [2.45, 2.75) is 60.3 Å². The van der Waals surface area contributed by atoms with Gasteiger partial charge < -0.3 is 0 Å². The topological polar surface area (TPSA) is 0 Å². The van der Waals surface area contributed by atoms with E-state index in [1.165, 1.54) is 25.7 Å². The van der Waals surface area contributed by atoms with E-state index >= 15 is 0 Å². The first kappa shape index (κ1) is 17.7. The highest BCUT2D eigenvalue weighted by molar-refractivity contribution is 4.42. The average molecular weight is 172 g/mol. The largest absolute Gasteiger partial charge is 0.106 e. The van der Waals surface area contributed by atoms with Crippen LogP contribution in [0.2, 0.25) is 0 Å². The molecule has 0 heteroatoms. The van der Waals surface area contributed by atoms with Gasteiger partial charge in [0, 0.05) is 0 Å². The molecule has 0 bridgehead atoms. The Labute approximate surface area is 80.1 Å². The number of hydrogen-bond acceptors (Lipinski definition) is 0. The molecule has 0 aliphatic rings. The van der Waals surface area contributed by atoms with Gasteiger partial charge in [0.2, 0.25) is 0 Å². The second-order valence-corrected chi connectivity index (χ2v) is 3.24. The van der Waals surface area contributed by atoms with E-state index in [0.717, 1.165) is 5.92 Å². The second kappa shape index (κ2) is 22.4. The van der Waals surface area contributed by atoms with Gasteiger partial charge >= 0.3 is 0 Å². The summed E-state index contributed by atoms with van der Waals surface area (Å²) >= 11 is 0. The number of hydrogen-bond donors (Lipinski definition) is 0. The standard InChI is InChI=1S/C7H16.C3H8.C2H4/c1-4-5-6-7(2)3;1-3-2;1-2/h7H,4-6H2,1-3H3;3H2,1-2H3;1-2H2. The molecule has 0 heterocycles. The highest BCUT2D eigenvalue weighted by Gasteiger charge is 1.88. The van der Waals surface area contributed by atoms with Crippen LogP contribution in [0.5, 0.6) is 0 Å². The van der Waals surface area contributed by atoms with Crippen LogP contribution in [0.15, 0.2) is 13.2 Å². The lowest BCUT2D eigenvalue weighted by Crippen LogP contribution is -1.83. The van der Waals surface area contributed by atoms with Crippen molar-refractivity contribution in [1.29, 1.82) is 0 Å². The van der Waals surface area contributed by atoms with Gasteiger partial charge in [0.25, 0.3) is 0 Å². The van der Waals surface area contributed by atoms with E-state index in [-0.39, 0.29) is 0 Å². The maximum absolute atomic E-state index is 3.00. The van der Waals surface area contributed by atoms with E-state index in [0.29, 0.717) is 0 Å². The van der Waals surface area contributed by atoms with Crippen LogP contribution in [0.25, 0.3) is 0 Å². The van der Waals surface area contributed by atoms with Crippen molar-refractivity contribution < 1.29 is 0 Å². The van der Waals surface area contributed by atoms with Gasteiger partial charge in [-0.2, -0.15) is 0 Å². The summed E-state index contributed by atoms with van der Waals surface area (Å²) in [5, 5.41) is 0. The molecule has 0 fully saturated rings. The Morgan fingerprint density at radius 2 is 1.33 bits per heavy atom. The zero-order valence-electron chi connectivity index (χ0n) is 9.82.